The summed E-state index contributed by atoms with van der Waals surface area (Å²) in [6.45, 7) is 4.26. The van der Waals surface area contributed by atoms with Crippen molar-refractivity contribution in [3.63, 3.8) is 0 Å². The standard InChI is InChI=1S/C20H20N4O2S/c1-2-26-17-10-8-16(9-11-17)23-12-13-24-19(23)21-22-20(24)27-14-18(25)15-6-4-3-5-7-15/h3-11H,2,12-14H2,1H3. The van der Waals surface area contributed by atoms with Crippen molar-refractivity contribution in [1.29, 1.82) is 0 Å². The first-order valence-corrected chi connectivity index (χ1v) is 9.89. The maximum Gasteiger partial charge on any atom is 0.232 e. The fraction of sp³-hybridized carbons (Fsp3) is 0.250. The zero-order valence-electron chi connectivity index (χ0n) is 15.0. The molecule has 0 saturated carbocycles. The van der Waals surface area contributed by atoms with Crippen LogP contribution in [0.15, 0.2) is 59.8 Å². The summed E-state index contributed by atoms with van der Waals surface area (Å²) in [6.07, 6.45) is 0. The highest BCUT2D eigenvalue weighted by Crippen LogP contribution is 2.33. The lowest BCUT2D eigenvalue weighted by atomic mass is 10.2. The zero-order chi connectivity index (χ0) is 18.6. The molecule has 4 rings (SSSR count). The zero-order valence-corrected chi connectivity index (χ0v) is 15.9. The predicted octanol–water partition coefficient (Wildman–Crippen LogP) is 3.80. The van der Waals surface area contributed by atoms with E-state index in [2.05, 4.69) is 19.7 Å². The number of ether oxygens (including phenoxy) is 1. The Morgan fingerprint density at radius 3 is 2.59 bits per heavy atom. The van der Waals surface area contributed by atoms with Crippen LogP contribution in [-0.2, 0) is 6.54 Å². The lowest BCUT2D eigenvalue weighted by Crippen LogP contribution is -2.14. The molecule has 1 aliphatic heterocycles. The number of anilines is 2. The highest BCUT2D eigenvalue weighted by molar-refractivity contribution is 7.99. The average Bonchev–Trinajstić information content (AvgIpc) is 3.30. The first-order valence-electron chi connectivity index (χ1n) is 8.91. The van der Waals surface area contributed by atoms with Crippen LogP contribution in [0, 0.1) is 0 Å². The van der Waals surface area contributed by atoms with E-state index >= 15 is 0 Å². The summed E-state index contributed by atoms with van der Waals surface area (Å²) >= 11 is 1.43. The summed E-state index contributed by atoms with van der Waals surface area (Å²) in [5, 5.41) is 9.40. The van der Waals surface area contributed by atoms with Gasteiger partial charge >= 0.3 is 0 Å². The molecule has 0 saturated heterocycles. The number of carbonyl (C=O) groups is 1. The molecule has 0 aliphatic carbocycles. The molecule has 7 heteroatoms. The molecule has 0 fully saturated rings. The van der Waals surface area contributed by atoms with Crippen LogP contribution >= 0.6 is 11.8 Å². The Kier molecular flexibility index (Phi) is 5.11. The van der Waals surface area contributed by atoms with Gasteiger partial charge in [-0.15, -0.1) is 10.2 Å². The van der Waals surface area contributed by atoms with E-state index in [4.69, 9.17) is 4.74 Å². The van der Waals surface area contributed by atoms with Gasteiger partial charge in [0.05, 0.1) is 12.4 Å². The molecule has 6 nitrogen and oxygen atoms in total. The molecular weight excluding hydrogens is 360 g/mol. The van der Waals surface area contributed by atoms with Crippen LogP contribution in [0.3, 0.4) is 0 Å². The first-order chi connectivity index (χ1) is 13.3. The van der Waals surface area contributed by atoms with Gasteiger partial charge in [-0.05, 0) is 31.2 Å². The summed E-state index contributed by atoms with van der Waals surface area (Å²) < 4.78 is 7.57. The van der Waals surface area contributed by atoms with Gasteiger partial charge in [-0.3, -0.25) is 9.36 Å². The van der Waals surface area contributed by atoms with E-state index in [1.54, 1.807) is 0 Å². The Balaban J connectivity index is 1.45. The van der Waals surface area contributed by atoms with Gasteiger partial charge in [-0.2, -0.15) is 0 Å². The molecule has 0 atom stereocenters. The van der Waals surface area contributed by atoms with Crippen molar-refractivity contribution >= 4 is 29.2 Å². The molecule has 0 N–H and O–H groups in total. The van der Waals surface area contributed by atoms with Gasteiger partial charge in [0.1, 0.15) is 5.75 Å². The molecule has 0 spiro atoms. The second-order valence-electron chi connectivity index (χ2n) is 6.09. The van der Waals surface area contributed by atoms with Gasteiger partial charge < -0.3 is 9.64 Å². The van der Waals surface area contributed by atoms with Gasteiger partial charge in [0.2, 0.25) is 5.95 Å². The molecule has 1 aromatic heterocycles. The molecular formula is C20H20N4O2S. The molecule has 0 amide bonds. The predicted molar refractivity (Wildman–Crippen MR) is 106 cm³/mol. The Bertz CT molecular complexity index is 925. The molecule has 2 aromatic carbocycles. The van der Waals surface area contributed by atoms with Crippen molar-refractivity contribution < 1.29 is 9.53 Å². The molecule has 0 unspecified atom stereocenters. The number of hydrogen-bond donors (Lipinski definition) is 0. The van der Waals surface area contributed by atoms with Crippen molar-refractivity contribution in [3.05, 3.63) is 60.2 Å². The van der Waals surface area contributed by atoms with Gasteiger partial charge in [-0.25, -0.2) is 0 Å². The highest BCUT2D eigenvalue weighted by Gasteiger charge is 2.26. The van der Waals surface area contributed by atoms with E-state index in [9.17, 15) is 4.79 Å². The van der Waals surface area contributed by atoms with Crippen molar-refractivity contribution in [2.24, 2.45) is 0 Å². The maximum absolute atomic E-state index is 12.3. The minimum atomic E-state index is 0.0966. The third-order valence-corrected chi connectivity index (χ3v) is 5.34. The van der Waals surface area contributed by atoms with Crippen molar-refractivity contribution in [2.75, 3.05) is 23.8 Å². The van der Waals surface area contributed by atoms with Crippen LogP contribution in [0.4, 0.5) is 11.6 Å². The summed E-state index contributed by atoms with van der Waals surface area (Å²) in [7, 11) is 0. The number of thioether (sulfide) groups is 1. The van der Waals surface area contributed by atoms with Crippen molar-refractivity contribution in [2.45, 2.75) is 18.6 Å². The van der Waals surface area contributed by atoms with Gasteiger partial charge in [0.15, 0.2) is 10.9 Å². The molecule has 27 heavy (non-hydrogen) atoms. The first kappa shape index (κ1) is 17.6. The summed E-state index contributed by atoms with van der Waals surface area (Å²) in [4.78, 5) is 14.4. The minimum Gasteiger partial charge on any atom is -0.494 e. The molecule has 3 aromatic rings. The normalized spacial score (nSPS) is 12.9. The number of carbonyl (C=O) groups excluding carboxylic acids is 1. The number of nitrogens with zero attached hydrogens (tertiary/aromatic N) is 4. The van der Waals surface area contributed by atoms with Gasteiger partial charge in [0, 0.05) is 24.3 Å². The third-order valence-electron chi connectivity index (χ3n) is 4.37. The Labute approximate surface area is 162 Å². The number of Topliss-reactive ketones (excluding diaryl/α,β-unsaturated/α-hetero) is 1. The monoisotopic (exact) mass is 380 g/mol. The summed E-state index contributed by atoms with van der Waals surface area (Å²) in [6, 6.07) is 17.3. The van der Waals surface area contributed by atoms with Crippen molar-refractivity contribution in [3.8, 4) is 5.75 Å². The maximum atomic E-state index is 12.3. The fourth-order valence-corrected chi connectivity index (χ4v) is 3.91. The largest absolute Gasteiger partial charge is 0.494 e. The minimum absolute atomic E-state index is 0.0966. The van der Waals surface area contributed by atoms with Crippen molar-refractivity contribution in [1.82, 2.24) is 14.8 Å². The average molecular weight is 380 g/mol. The van der Waals surface area contributed by atoms with E-state index in [-0.39, 0.29) is 5.78 Å². The Hall–Kier alpha value is -2.80. The summed E-state index contributed by atoms with van der Waals surface area (Å²) in [5.41, 5.74) is 1.78. The molecule has 2 heterocycles. The Morgan fingerprint density at radius 1 is 1.07 bits per heavy atom. The number of hydrogen-bond acceptors (Lipinski definition) is 6. The molecule has 1 aliphatic rings. The SMILES string of the molecule is CCOc1ccc(N2CCn3c(SCC(=O)c4ccccc4)nnc32)cc1. The smallest absolute Gasteiger partial charge is 0.232 e. The number of rotatable bonds is 7. The van der Waals surface area contributed by atoms with Crippen LogP contribution in [0.2, 0.25) is 0 Å². The Morgan fingerprint density at radius 2 is 1.85 bits per heavy atom. The van der Waals surface area contributed by atoms with Gasteiger partial charge in [0.25, 0.3) is 0 Å². The van der Waals surface area contributed by atoms with Crippen LogP contribution in [0.5, 0.6) is 5.75 Å². The van der Waals surface area contributed by atoms with E-state index in [1.807, 2.05) is 61.5 Å². The number of ketones is 1. The lowest BCUT2D eigenvalue weighted by molar-refractivity contribution is 0.102. The van der Waals surface area contributed by atoms with E-state index in [0.29, 0.717) is 12.4 Å². The number of aromatic nitrogens is 3. The van der Waals surface area contributed by atoms with Crippen LogP contribution in [0.1, 0.15) is 17.3 Å². The summed E-state index contributed by atoms with van der Waals surface area (Å²) in [5.74, 6) is 2.12. The molecule has 0 bridgehead atoms. The lowest BCUT2D eigenvalue weighted by Gasteiger charge is -2.15. The number of fused-ring (bicyclic) bond motifs is 1. The topological polar surface area (TPSA) is 60.2 Å². The molecule has 138 valence electrons. The second kappa shape index (κ2) is 7.84. The van der Waals surface area contributed by atoms with E-state index in [0.717, 1.165) is 41.2 Å². The highest BCUT2D eigenvalue weighted by atomic mass is 32.2. The van der Waals surface area contributed by atoms with Crippen LogP contribution in [-0.4, -0.2) is 39.5 Å². The van der Waals surface area contributed by atoms with Crippen LogP contribution < -0.4 is 9.64 Å². The quantitative estimate of drug-likeness (QED) is 0.459. The van der Waals surface area contributed by atoms with Gasteiger partial charge in [-0.1, -0.05) is 42.1 Å². The number of benzene rings is 2. The van der Waals surface area contributed by atoms with E-state index < -0.39 is 0 Å². The second-order valence-corrected chi connectivity index (χ2v) is 7.03. The van der Waals surface area contributed by atoms with E-state index in [1.165, 1.54) is 11.8 Å². The molecule has 0 radical (unpaired) electrons. The third kappa shape index (κ3) is 3.68. The fourth-order valence-electron chi connectivity index (χ4n) is 3.05. The van der Waals surface area contributed by atoms with Crippen LogP contribution in [0.25, 0.3) is 0 Å².